The standard InChI is InChI=1S/C19H16ClN5O6/c20-13-5-3-4-12(10-13)17-23-19(31-24-17)18(27)22-9-8-21-16(26)11-30-15-7-2-1-6-14(15)25(28)29/h1-7,10H,8-9,11H2,(H,21,26)(H,22,27). The van der Waals surface area contributed by atoms with Crippen molar-refractivity contribution >= 4 is 29.1 Å². The summed E-state index contributed by atoms with van der Waals surface area (Å²) in [5, 5.41) is 20.2. The molecule has 0 spiro atoms. The van der Waals surface area contributed by atoms with Crippen LogP contribution in [0.15, 0.2) is 53.1 Å². The largest absolute Gasteiger partial charge is 0.477 e. The van der Waals surface area contributed by atoms with Gasteiger partial charge in [0.15, 0.2) is 12.4 Å². The number of ether oxygens (including phenoxy) is 1. The molecule has 31 heavy (non-hydrogen) atoms. The Balaban J connectivity index is 1.41. The molecule has 0 atom stereocenters. The number of halogens is 1. The lowest BCUT2D eigenvalue weighted by molar-refractivity contribution is -0.385. The van der Waals surface area contributed by atoms with Crippen LogP contribution in [0.5, 0.6) is 5.75 Å². The Hall–Kier alpha value is -3.99. The van der Waals surface area contributed by atoms with E-state index in [-0.39, 0.29) is 36.2 Å². The Morgan fingerprint density at radius 1 is 1.13 bits per heavy atom. The number of nitrogens with one attached hydrogen (secondary N) is 2. The molecule has 3 aromatic rings. The Bertz CT molecular complexity index is 1100. The molecule has 2 amide bonds. The van der Waals surface area contributed by atoms with Crippen LogP contribution in [0, 0.1) is 10.1 Å². The number of para-hydroxylation sites is 2. The van der Waals surface area contributed by atoms with Crippen LogP contribution in [0.2, 0.25) is 5.02 Å². The second-order valence-electron chi connectivity index (χ2n) is 6.05. The zero-order valence-electron chi connectivity index (χ0n) is 15.9. The van der Waals surface area contributed by atoms with Gasteiger partial charge in [-0.1, -0.05) is 41.0 Å². The molecule has 2 aromatic carbocycles. The van der Waals surface area contributed by atoms with Gasteiger partial charge in [-0.25, -0.2) is 0 Å². The summed E-state index contributed by atoms with van der Waals surface area (Å²) in [6.45, 7) is -0.226. The van der Waals surface area contributed by atoms with Crippen LogP contribution in [0.25, 0.3) is 11.4 Å². The number of nitro groups is 1. The maximum atomic E-state index is 12.1. The minimum absolute atomic E-state index is 0.0112. The maximum Gasteiger partial charge on any atom is 0.316 e. The van der Waals surface area contributed by atoms with Crippen molar-refractivity contribution in [3.05, 3.63) is 69.6 Å². The minimum Gasteiger partial charge on any atom is -0.477 e. The molecule has 2 N–H and O–H groups in total. The van der Waals surface area contributed by atoms with E-state index in [9.17, 15) is 19.7 Å². The first-order valence-electron chi connectivity index (χ1n) is 8.95. The molecule has 12 heteroatoms. The molecular weight excluding hydrogens is 430 g/mol. The van der Waals surface area contributed by atoms with Crippen LogP contribution in [-0.4, -0.2) is 46.6 Å². The van der Waals surface area contributed by atoms with E-state index in [0.717, 1.165) is 0 Å². The Morgan fingerprint density at radius 2 is 1.90 bits per heavy atom. The number of carbonyl (C=O) groups excluding carboxylic acids is 2. The van der Waals surface area contributed by atoms with E-state index in [1.165, 1.54) is 18.2 Å². The van der Waals surface area contributed by atoms with Gasteiger partial charge in [-0.2, -0.15) is 4.98 Å². The fourth-order valence-electron chi connectivity index (χ4n) is 2.44. The third kappa shape index (κ3) is 6.00. The van der Waals surface area contributed by atoms with Gasteiger partial charge in [0.05, 0.1) is 4.92 Å². The van der Waals surface area contributed by atoms with E-state index in [1.54, 1.807) is 30.3 Å². The number of benzene rings is 2. The molecule has 0 unspecified atom stereocenters. The molecule has 11 nitrogen and oxygen atoms in total. The molecule has 1 heterocycles. The molecule has 0 radical (unpaired) electrons. The topological polar surface area (TPSA) is 149 Å². The van der Waals surface area contributed by atoms with Crippen LogP contribution < -0.4 is 15.4 Å². The number of amides is 2. The first kappa shape index (κ1) is 21.7. The SMILES string of the molecule is O=C(COc1ccccc1[N+](=O)[O-])NCCNC(=O)c1nc(-c2cccc(Cl)c2)no1. The first-order chi connectivity index (χ1) is 14.9. The predicted octanol–water partition coefficient (Wildman–Crippen LogP) is 2.22. The van der Waals surface area contributed by atoms with Gasteiger partial charge in [-0.05, 0) is 18.2 Å². The lowest BCUT2D eigenvalue weighted by atomic mass is 10.2. The molecule has 0 aliphatic heterocycles. The van der Waals surface area contributed by atoms with Gasteiger partial charge >= 0.3 is 17.5 Å². The number of nitrogens with zero attached hydrogens (tertiary/aromatic N) is 3. The van der Waals surface area contributed by atoms with E-state index in [1.807, 2.05) is 0 Å². The number of hydrogen-bond acceptors (Lipinski definition) is 8. The quantitative estimate of drug-likeness (QED) is 0.289. The molecule has 1 aromatic heterocycles. The summed E-state index contributed by atoms with van der Waals surface area (Å²) in [5.41, 5.74) is 0.362. The van der Waals surface area contributed by atoms with E-state index < -0.39 is 23.3 Å². The highest BCUT2D eigenvalue weighted by atomic mass is 35.5. The fraction of sp³-hybridized carbons (Fsp3) is 0.158. The lowest BCUT2D eigenvalue weighted by Crippen LogP contribution is -2.36. The number of aromatic nitrogens is 2. The predicted molar refractivity (Wildman–Crippen MR) is 109 cm³/mol. The highest BCUT2D eigenvalue weighted by molar-refractivity contribution is 6.30. The van der Waals surface area contributed by atoms with Gasteiger partial charge in [-0.15, -0.1) is 0 Å². The Kier molecular flexibility index (Phi) is 7.12. The van der Waals surface area contributed by atoms with Crippen LogP contribution in [0.3, 0.4) is 0 Å². The van der Waals surface area contributed by atoms with Gasteiger partial charge in [0, 0.05) is 29.7 Å². The molecule has 0 bridgehead atoms. The Labute approximate surface area is 180 Å². The summed E-state index contributed by atoms with van der Waals surface area (Å²) in [7, 11) is 0. The minimum atomic E-state index is -0.605. The third-order valence-corrected chi connectivity index (χ3v) is 4.09. The maximum absolute atomic E-state index is 12.1. The van der Waals surface area contributed by atoms with Crippen LogP contribution in [0.1, 0.15) is 10.7 Å². The molecule has 3 rings (SSSR count). The summed E-state index contributed by atoms with van der Waals surface area (Å²) >= 11 is 5.91. The van der Waals surface area contributed by atoms with Gasteiger partial charge in [0.2, 0.25) is 5.82 Å². The summed E-state index contributed by atoms with van der Waals surface area (Å²) in [5.74, 6) is -1.14. The Morgan fingerprint density at radius 3 is 2.68 bits per heavy atom. The van der Waals surface area contributed by atoms with Crippen molar-refractivity contribution in [2.45, 2.75) is 0 Å². The van der Waals surface area contributed by atoms with Crippen molar-refractivity contribution < 1.29 is 23.8 Å². The van der Waals surface area contributed by atoms with Crippen molar-refractivity contribution in [1.29, 1.82) is 0 Å². The molecule has 0 saturated heterocycles. The molecule has 0 fully saturated rings. The summed E-state index contributed by atoms with van der Waals surface area (Å²) in [6, 6.07) is 12.5. The first-order valence-corrected chi connectivity index (χ1v) is 9.32. The van der Waals surface area contributed by atoms with Gasteiger partial charge in [-0.3, -0.25) is 19.7 Å². The number of hydrogen-bond donors (Lipinski definition) is 2. The second kappa shape index (κ2) is 10.2. The zero-order valence-corrected chi connectivity index (χ0v) is 16.7. The normalized spacial score (nSPS) is 10.4. The smallest absolute Gasteiger partial charge is 0.316 e. The van der Waals surface area contributed by atoms with Crippen molar-refractivity contribution in [1.82, 2.24) is 20.8 Å². The van der Waals surface area contributed by atoms with E-state index in [4.69, 9.17) is 20.9 Å². The number of carbonyl (C=O) groups is 2. The van der Waals surface area contributed by atoms with Crippen LogP contribution in [0.4, 0.5) is 5.69 Å². The summed E-state index contributed by atoms with van der Waals surface area (Å²) in [6.07, 6.45) is 0. The second-order valence-corrected chi connectivity index (χ2v) is 6.49. The van der Waals surface area contributed by atoms with Gasteiger partial charge in [0.25, 0.3) is 5.91 Å². The molecule has 0 saturated carbocycles. The van der Waals surface area contributed by atoms with Crippen molar-refractivity contribution in [2.75, 3.05) is 19.7 Å². The van der Waals surface area contributed by atoms with Gasteiger partial charge < -0.3 is 19.9 Å². The van der Waals surface area contributed by atoms with E-state index >= 15 is 0 Å². The summed E-state index contributed by atoms with van der Waals surface area (Å²) < 4.78 is 10.1. The van der Waals surface area contributed by atoms with Gasteiger partial charge in [0.1, 0.15) is 0 Å². The fourth-order valence-corrected chi connectivity index (χ4v) is 2.63. The molecular formula is C19H16ClN5O6. The van der Waals surface area contributed by atoms with Crippen molar-refractivity contribution in [2.24, 2.45) is 0 Å². The van der Waals surface area contributed by atoms with E-state index in [0.29, 0.717) is 10.6 Å². The van der Waals surface area contributed by atoms with Crippen LogP contribution in [-0.2, 0) is 4.79 Å². The molecule has 160 valence electrons. The highest BCUT2D eigenvalue weighted by Gasteiger charge is 2.17. The molecule has 0 aliphatic rings. The van der Waals surface area contributed by atoms with Crippen LogP contribution >= 0.6 is 11.6 Å². The average molecular weight is 446 g/mol. The van der Waals surface area contributed by atoms with E-state index in [2.05, 4.69) is 20.8 Å². The lowest BCUT2D eigenvalue weighted by Gasteiger charge is -2.08. The molecule has 0 aliphatic carbocycles. The third-order valence-electron chi connectivity index (χ3n) is 3.86. The number of rotatable bonds is 9. The monoisotopic (exact) mass is 445 g/mol. The number of nitro benzene ring substituents is 1. The van der Waals surface area contributed by atoms with Crippen molar-refractivity contribution in [3.8, 4) is 17.1 Å². The van der Waals surface area contributed by atoms with Crippen molar-refractivity contribution in [3.63, 3.8) is 0 Å². The average Bonchev–Trinajstić information content (AvgIpc) is 3.26. The zero-order chi connectivity index (χ0) is 22.2. The highest BCUT2D eigenvalue weighted by Crippen LogP contribution is 2.25. The summed E-state index contributed by atoms with van der Waals surface area (Å²) in [4.78, 5) is 38.2.